The number of halogens is 3. The number of carbonyl (C=O) groups excluding carboxylic acids is 2. The molecule has 1 unspecified atom stereocenters. The molecule has 2 heterocycles. The molecule has 180 valence electrons. The molecule has 2 amide bonds. The summed E-state index contributed by atoms with van der Waals surface area (Å²) in [5, 5.41) is 1.00. The van der Waals surface area contributed by atoms with Crippen molar-refractivity contribution in [3.8, 4) is 0 Å². The van der Waals surface area contributed by atoms with E-state index < -0.39 is 29.4 Å². The smallest absolute Gasteiger partial charge is 0.417 e. The van der Waals surface area contributed by atoms with Crippen LogP contribution in [-0.4, -0.2) is 33.6 Å². The van der Waals surface area contributed by atoms with Crippen LogP contribution in [0.1, 0.15) is 55.4 Å². The lowest BCUT2D eigenvalue weighted by Gasteiger charge is -2.23. The Labute approximate surface area is 196 Å². The van der Waals surface area contributed by atoms with Crippen molar-refractivity contribution in [3.63, 3.8) is 0 Å². The summed E-state index contributed by atoms with van der Waals surface area (Å²) in [4.78, 5) is 26.6. The lowest BCUT2D eigenvalue weighted by molar-refractivity contribution is -0.137. The zero-order valence-corrected chi connectivity index (χ0v) is 19.6. The Bertz CT molecular complexity index is 1240. The molecule has 4 rings (SSSR count). The number of aryl methyl sites for hydroxylation is 1. The number of imide groups is 1. The number of hydrogen-bond donors (Lipinski definition) is 0. The summed E-state index contributed by atoms with van der Waals surface area (Å²) in [5.74, 6) is -0.738. The lowest BCUT2D eigenvalue weighted by Crippen LogP contribution is -2.38. The van der Waals surface area contributed by atoms with Crippen LogP contribution >= 0.6 is 0 Å². The first kappa shape index (κ1) is 23.9. The molecular formula is C26H27F3N2O3. The highest BCUT2D eigenvalue weighted by Crippen LogP contribution is 2.33. The van der Waals surface area contributed by atoms with Crippen LogP contribution in [-0.2, 0) is 22.3 Å². The minimum atomic E-state index is -4.37. The molecule has 0 N–H and O–H groups in total. The van der Waals surface area contributed by atoms with Crippen molar-refractivity contribution < 1.29 is 27.5 Å². The summed E-state index contributed by atoms with van der Waals surface area (Å²) in [7, 11) is 0. The van der Waals surface area contributed by atoms with Crippen LogP contribution in [0.3, 0.4) is 0 Å². The third-order valence-electron chi connectivity index (χ3n) is 5.96. The summed E-state index contributed by atoms with van der Waals surface area (Å²) in [5.41, 5.74) is 2.09. The van der Waals surface area contributed by atoms with E-state index in [0.717, 1.165) is 44.6 Å². The van der Waals surface area contributed by atoms with Crippen LogP contribution in [0.5, 0.6) is 0 Å². The van der Waals surface area contributed by atoms with Crippen molar-refractivity contribution in [1.82, 2.24) is 9.47 Å². The molecule has 0 bridgehead atoms. The number of hydrogen-bond acceptors (Lipinski definition) is 3. The molecule has 2 aromatic carbocycles. The predicted octanol–water partition coefficient (Wildman–Crippen LogP) is 6.27. The number of nitrogens with zero attached hydrogens (tertiary/aromatic N) is 2. The molecule has 34 heavy (non-hydrogen) atoms. The number of alkyl halides is 3. The summed E-state index contributed by atoms with van der Waals surface area (Å²) in [6.45, 7) is 7.92. The molecule has 8 heteroatoms. The van der Waals surface area contributed by atoms with Crippen LogP contribution in [0.15, 0.2) is 48.7 Å². The minimum Gasteiger partial charge on any atom is -0.443 e. The van der Waals surface area contributed by atoms with Crippen molar-refractivity contribution in [3.05, 3.63) is 70.9 Å². The second-order valence-electron chi connectivity index (χ2n) is 9.72. The average molecular weight is 473 g/mol. The molecule has 1 atom stereocenters. The van der Waals surface area contributed by atoms with Crippen molar-refractivity contribution in [2.24, 2.45) is 0 Å². The van der Waals surface area contributed by atoms with Crippen molar-refractivity contribution in [2.45, 2.75) is 58.4 Å². The van der Waals surface area contributed by atoms with Crippen molar-refractivity contribution in [1.29, 1.82) is 0 Å². The zero-order valence-electron chi connectivity index (χ0n) is 19.6. The van der Waals surface area contributed by atoms with E-state index in [0.29, 0.717) is 19.5 Å². The number of aromatic nitrogens is 1. The van der Waals surface area contributed by atoms with Gasteiger partial charge in [0.25, 0.3) is 0 Å². The van der Waals surface area contributed by atoms with Crippen LogP contribution in [0.2, 0.25) is 0 Å². The molecule has 0 aliphatic carbocycles. The monoisotopic (exact) mass is 472 g/mol. The number of likely N-dealkylation sites (tertiary alicyclic amines) is 1. The highest BCUT2D eigenvalue weighted by Gasteiger charge is 2.38. The normalized spacial score (nSPS) is 17.0. The van der Waals surface area contributed by atoms with E-state index in [9.17, 15) is 22.8 Å². The molecule has 1 aliphatic heterocycles. The van der Waals surface area contributed by atoms with Crippen LogP contribution in [0.4, 0.5) is 18.0 Å². The maximum Gasteiger partial charge on any atom is 0.417 e. The van der Waals surface area contributed by atoms with Gasteiger partial charge in [-0.05, 0) is 69.0 Å². The largest absolute Gasteiger partial charge is 0.443 e. The quantitative estimate of drug-likeness (QED) is 0.452. The van der Waals surface area contributed by atoms with E-state index in [1.54, 1.807) is 20.8 Å². The van der Waals surface area contributed by atoms with Gasteiger partial charge in [-0.2, -0.15) is 13.2 Å². The van der Waals surface area contributed by atoms with E-state index >= 15 is 0 Å². The van der Waals surface area contributed by atoms with Gasteiger partial charge in [-0.1, -0.05) is 24.3 Å². The fourth-order valence-electron chi connectivity index (χ4n) is 4.32. The number of ether oxygens (including phenoxy) is 1. The van der Waals surface area contributed by atoms with E-state index in [1.807, 2.05) is 35.9 Å². The predicted molar refractivity (Wildman–Crippen MR) is 123 cm³/mol. The van der Waals surface area contributed by atoms with Gasteiger partial charge in [0.1, 0.15) is 5.60 Å². The second-order valence-corrected chi connectivity index (χ2v) is 9.72. The van der Waals surface area contributed by atoms with Gasteiger partial charge in [-0.15, -0.1) is 0 Å². The average Bonchev–Trinajstić information content (AvgIpc) is 3.26. The number of fused-ring (bicyclic) bond motifs is 1. The Morgan fingerprint density at radius 2 is 1.76 bits per heavy atom. The van der Waals surface area contributed by atoms with E-state index in [4.69, 9.17) is 4.74 Å². The van der Waals surface area contributed by atoms with Gasteiger partial charge >= 0.3 is 12.3 Å². The van der Waals surface area contributed by atoms with Gasteiger partial charge < -0.3 is 9.30 Å². The summed E-state index contributed by atoms with van der Waals surface area (Å²) in [6.07, 6.45) is -2.55. The van der Waals surface area contributed by atoms with Gasteiger partial charge in [-0.3, -0.25) is 4.79 Å². The summed E-state index contributed by atoms with van der Waals surface area (Å²) >= 11 is 0. The molecule has 0 spiro atoms. The third kappa shape index (κ3) is 4.81. The fourth-order valence-corrected chi connectivity index (χ4v) is 4.32. The van der Waals surface area contributed by atoms with Gasteiger partial charge in [0.15, 0.2) is 0 Å². The summed E-state index contributed by atoms with van der Waals surface area (Å²) < 4.78 is 46.0. The number of rotatable bonds is 3. The van der Waals surface area contributed by atoms with Gasteiger partial charge in [0.05, 0.1) is 11.5 Å². The first-order chi connectivity index (χ1) is 15.8. The van der Waals surface area contributed by atoms with Crippen molar-refractivity contribution in [2.75, 3.05) is 6.54 Å². The van der Waals surface area contributed by atoms with Crippen LogP contribution in [0.25, 0.3) is 10.9 Å². The highest BCUT2D eigenvalue weighted by atomic mass is 19.4. The lowest BCUT2D eigenvalue weighted by atomic mass is 9.96. The standard InChI is InChI=1S/C26H27F3N2O3/c1-16-14-30(15-17-5-8-19(9-6-17)26(27,28)29)22-13-18(7-10-20(16)22)21-11-12-31(23(21)32)24(33)34-25(2,3)4/h5-10,13-14,21H,11-12,15H2,1-4H3. The van der Waals surface area contributed by atoms with Crippen molar-refractivity contribution >= 4 is 22.9 Å². The van der Waals surface area contributed by atoms with Gasteiger partial charge in [0, 0.05) is 30.2 Å². The molecule has 1 fully saturated rings. The number of amides is 2. The van der Waals surface area contributed by atoms with Gasteiger partial charge in [-0.25, -0.2) is 9.69 Å². The Balaban J connectivity index is 1.59. The molecule has 5 nitrogen and oxygen atoms in total. The Kier molecular flexibility index (Phi) is 5.96. The number of carbonyl (C=O) groups is 2. The molecule has 0 radical (unpaired) electrons. The number of benzene rings is 2. The topological polar surface area (TPSA) is 51.5 Å². The maximum atomic E-state index is 13.0. The molecule has 1 saturated heterocycles. The summed E-state index contributed by atoms with van der Waals surface area (Å²) in [6, 6.07) is 10.9. The SMILES string of the molecule is Cc1cn(Cc2ccc(C(F)(F)F)cc2)c2cc(C3CCN(C(=O)OC(C)(C)C)C3=O)ccc12. The second kappa shape index (κ2) is 8.49. The fraction of sp³-hybridized carbons (Fsp3) is 0.385. The molecule has 1 aromatic heterocycles. The van der Waals surface area contributed by atoms with E-state index in [2.05, 4.69) is 0 Å². The maximum absolute atomic E-state index is 13.0. The Morgan fingerprint density at radius 1 is 1.09 bits per heavy atom. The molecule has 0 saturated carbocycles. The van der Waals surface area contributed by atoms with E-state index in [-0.39, 0.29) is 5.91 Å². The van der Waals surface area contributed by atoms with Gasteiger partial charge in [0.2, 0.25) is 5.91 Å². The zero-order chi connectivity index (χ0) is 24.8. The van der Waals surface area contributed by atoms with E-state index in [1.165, 1.54) is 12.1 Å². The minimum absolute atomic E-state index is 0.286. The first-order valence-electron chi connectivity index (χ1n) is 11.1. The third-order valence-corrected chi connectivity index (χ3v) is 5.96. The Hall–Kier alpha value is -3.29. The Morgan fingerprint density at radius 3 is 2.38 bits per heavy atom. The molecular weight excluding hydrogens is 445 g/mol. The highest BCUT2D eigenvalue weighted by molar-refractivity contribution is 5.98. The van der Waals surface area contributed by atoms with Crippen LogP contribution < -0.4 is 0 Å². The van der Waals surface area contributed by atoms with Crippen LogP contribution in [0, 0.1) is 6.92 Å². The molecule has 3 aromatic rings. The first-order valence-corrected chi connectivity index (χ1v) is 11.1. The molecule has 1 aliphatic rings.